The molecule has 1 aliphatic rings. The zero-order valence-corrected chi connectivity index (χ0v) is 13.4. The average molecular weight is 295 g/mol. The third kappa shape index (κ3) is 6.86. The van der Waals surface area contributed by atoms with Crippen LogP contribution in [0.15, 0.2) is 0 Å². The molecule has 1 rings (SSSR count). The third-order valence-electron chi connectivity index (χ3n) is 3.25. The molecule has 1 heterocycles. The van der Waals surface area contributed by atoms with Crippen molar-refractivity contribution in [1.82, 2.24) is 10.2 Å². The highest BCUT2D eigenvalue weighted by molar-refractivity contribution is 7.99. The third-order valence-corrected chi connectivity index (χ3v) is 4.22. The fraction of sp³-hybridized carbons (Fsp3) is 0.923. The summed E-state index contributed by atoms with van der Waals surface area (Å²) in [7, 11) is 1.98. The second kappa shape index (κ2) is 9.93. The first-order valence-electron chi connectivity index (χ1n) is 6.66. The standard InChI is InChI=1S/C13H26N2OS.ClH/c1-11(2)6-8-17-10-13(16)15-7-4-5-12(9-15)14-3;/h11-12,14H,4-10H2,1-3H3;1H. The van der Waals surface area contributed by atoms with Gasteiger partial charge in [-0.1, -0.05) is 13.8 Å². The fourth-order valence-corrected chi connectivity index (χ4v) is 3.15. The molecule has 0 radical (unpaired) electrons. The Labute approximate surface area is 122 Å². The van der Waals surface area contributed by atoms with Gasteiger partial charge in [-0.05, 0) is 38.0 Å². The molecular weight excluding hydrogens is 268 g/mol. The molecule has 0 aromatic rings. The molecule has 18 heavy (non-hydrogen) atoms. The molecule has 1 N–H and O–H groups in total. The van der Waals surface area contributed by atoms with E-state index in [2.05, 4.69) is 19.2 Å². The predicted octanol–water partition coefficient (Wildman–Crippen LogP) is 2.40. The Morgan fingerprint density at radius 3 is 2.83 bits per heavy atom. The maximum absolute atomic E-state index is 12.0. The second-order valence-electron chi connectivity index (χ2n) is 5.20. The van der Waals surface area contributed by atoms with Crippen LogP contribution >= 0.6 is 24.2 Å². The van der Waals surface area contributed by atoms with Gasteiger partial charge in [-0.3, -0.25) is 4.79 Å². The van der Waals surface area contributed by atoms with Crippen LogP contribution in [0.2, 0.25) is 0 Å². The van der Waals surface area contributed by atoms with E-state index >= 15 is 0 Å². The first-order valence-corrected chi connectivity index (χ1v) is 7.81. The van der Waals surface area contributed by atoms with E-state index in [0.29, 0.717) is 17.7 Å². The van der Waals surface area contributed by atoms with Gasteiger partial charge >= 0.3 is 0 Å². The summed E-state index contributed by atoms with van der Waals surface area (Å²) in [4.78, 5) is 14.0. The summed E-state index contributed by atoms with van der Waals surface area (Å²) < 4.78 is 0. The summed E-state index contributed by atoms with van der Waals surface area (Å²) >= 11 is 1.78. The Kier molecular flexibility index (Phi) is 9.97. The Morgan fingerprint density at radius 1 is 1.50 bits per heavy atom. The number of hydrogen-bond donors (Lipinski definition) is 1. The molecule has 1 fully saturated rings. The normalized spacial score (nSPS) is 19.8. The van der Waals surface area contributed by atoms with Crippen molar-refractivity contribution in [2.24, 2.45) is 5.92 Å². The van der Waals surface area contributed by atoms with Gasteiger partial charge in [0.05, 0.1) is 5.75 Å². The molecule has 0 spiro atoms. The first-order chi connectivity index (χ1) is 8.13. The molecule has 5 heteroatoms. The lowest BCUT2D eigenvalue weighted by molar-refractivity contribution is -0.129. The highest BCUT2D eigenvalue weighted by Crippen LogP contribution is 2.13. The van der Waals surface area contributed by atoms with E-state index in [9.17, 15) is 4.79 Å². The molecule has 0 aromatic carbocycles. The molecule has 0 saturated carbocycles. The molecule has 1 amide bonds. The maximum Gasteiger partial charge on any atom is 0.232 e. The molecule has 1 unspecified atom stereocenters. The number of rotatable bonds is 6. The van der Waals surface area contributed by atoms with E-state index in [0.717, 1.165) is 31.2 Å². The topological polar surface area (TPSA) is 32.3 Å². The van der Waals surface area contributed by atoms with Crippen LogP contribution in [0.3, 0.4) is 0 Å². The van der Waals surface area contributed by atoms with Crippen LogP contribution in [0, 0.1) is 5.92 Å². The van der Waals surface area contributed by atoms with Gasteiger partial charge in [0.2, 0.25) is 5.91 Å². The molecule has 3 nitrogen and oxygen atoms in total. The van der Waals surface area contributed by atoms with E-state index < -0.39 is 0 Å². The Bertz CT molecular complexity index is 239. The summed E-state index contributed by atoms with van der Waals surface area (Å²) in [5, 5.41) is 3.27. The molecular formula is C13H27ClN2OS. The number of nitrogens with zero attached hydrogens (tertiary/aromatic N) is 1. The van der Waals surface area contributed by atoms with E-state index in [1.165, 1.54) is 12.8 Å². The van der Waals surface area contributed by atoms with Gasteiger partial charge in [-0.15, -0.1) is 12.4 Å². The number of hydrogen-bond acceptors (Lipinski definition) is 3. The Hall–Kier alpha value is 0.0700. The van der Waals surface area contributed by atoms with Crippen LogP contribution < -0.4 is 5.32 Å². The highest BCUT2D eigenvalue weighted by atomic mass is 35.5. The summed E-state index contributed by atoms with van der Waals surface area (Å²) in [5.41, 5.74) is 0. The zero-order chi connectivity index (χ0) is 12.7. The van der Waals surface area contributed by atoms with Crippen molar-refractivity contribution in [3.8, 4) is 0 Å². The van der Waals surface area contributed by atoms with Gasteiger partial charge in [-0.2, -0.15) is 11.8 Å². The number of carbonyl (C=O) groups is 1. The van der Waals surface area contributed by atoms with Gasteiger partial charge in [0, 0.05) is 19.1 Å². The van der Waals surface area contributed by atoms with E-state index in [4.69, 9.17) is 0 Å². The zero-order valence-electron chi connectivity index (χ0n) is 11.8. The quantitative estimate of drug-likeness (QED) is 0.764. The van der Waals surface area contributed by atoms with Crippen LogP contribution in [0.25, 0.3) is 0 Å². The summed E-state index contributed by atoms with van der Waals surface area (Å²) in [6.45, 7) is 6.29. The minimum Gasteiger partial charge on any atom is -0.340 e. The smallest absolute Gasteiger partial charge is 0.232 e. The van der Waals surface area contributed by atoms with Gasteiger partial charge in [0.1, 0.15) is 0 Å². The second-order valence-corrected chi connectivity index (χ2v) is 6.31. The van der Waals surface area contributed by atoms with Crippen molar-refractivity contribution in [3.05, 3.63) is 0 Å². The van der Waals surface area contributed by atoms with E-state index in [1.54, 1.807) is 11.8 Å². The van der Waals surface area contributed by atoms with Crippen molar-refractivity contribution < 1.29 is 4.79 Å². The van der Waals surface area contributed by atoms with Crippen molar-refractivity contribution in [1.29, 1.82) is 0 Å². The fourth-order valence-electron chi connectivity index (χ4n) is 2.01. The average Bonchev–Trinajstić information content (AvgIpc) is 2.34. The minimum atomic E-state index is 0. The van der Waals surface area contributed by atoms with Crippen LogP contribution in [-0.4, -0.2) is 48.5 Å². The Balaban J connectivity index is 0.00000289. The largest absolute Gasteiger partial charge is 0.340 e. The number of likely N-dealkylation sites (N-methyl/N-ethyl adjacent to an activating group) is 1. The van der Waals surface area contributed by atoms with Crippen LogP contribution in [0.1, 0.15) is 33.1 Å². The van der Waals surface area contributed by atoms with E-state index in [-0.39, 0.29) is 12.4 Å². The van der Waals surface area contributed by atoms with Crippen LogP contribution in [0.4, 0.5) is 0 Å². The molecule has 0 aliphatic carbocycles. The SMILES string of the molecule is CNC1CCCN(C(=O)CSCCC(C)C)C1.Cl. The summed E-state index contributed by atoms with van der Waals surface area (Å²) in [5.74, 6) is 2.82. The summed E-state index contributed by atoms with van der Waals surface area (Å²) in [6.07, 6.45) is 3.53. The van der Waals surface area contributed by atoms with Gasteiger partial charge in [-0.25, -0.2) is 0 Å². The summed E-state index contributed by atoms with van der Waals surface area (Å²) in [6, 6.07) is 0.494. The number of piperidine rings is 1. The number of likely N-dealkylation sites (tertiary alicyclic amines) is 1. The maximum atomic E-state index is 12.0. The van der Waals surface area contributed by atoms with Crippen LogP contribution in [-0.2, 0) is 4.79 Å². The van der Waals surface area contributed by atoms with Crippen molar-refractivity contribution >= 4 is 30.1 Å². The highest BCUT2D eigenvalue weighted by Gasteiger charge is 2.21. The van der Waals surface area contributed by atoms with Crippen molar-refractivity contribution in [2.75, 3.05) is 31.6 Å². The lowest BCUT2D eigenvalue weighted by Gasteiger charge is -2.32. The number of carbonyl (C=O) groups excluding carboxylic acids is 1. The first kappa shape index (κ1) is 18.1. The van der Waals surface area contributed by atoms with Crippen molar-refractivity contribution in [2.45, 2.75) is 39.2 Å². The lowest BCUT2D eigenvalue weighted by atomic mass is 10.1. The van der Waals surface area contributed by atoms with Crippen molar-refractivity contribution in [3.63, 3.8) is 0 Å². The van der Waals surface area contributed by atoms with Gasteiger partial charge in [0.25, 0.3) is 0 Å². The number of amides is 1. The molecule has 0 aromatic heterocycles. The number of halogens is 1. The Morgan fingerprint density at radius 2 is 2.22 bits per heavy atom. The van der Waals surface area contributed by atoms with Gasteiger partial charge in [0.15, 0.2) is 0 Å². The molecule has 1 aliphatic heterocycles. The number of nitrogens with one attached hydrogen (secondary N) is 1. The molecule has 108 valence electrons. The predicted molar refractivity (Wildman–Crippen MR) is 82.7 cm³/mol. The van der Waals surface area contributed by atoms with Gasteiger partial charge < -0.3 is 10.2 Å². The molecule has 1 atom stereocenters. The monoisotopic (exact) mass is 294 g/mol. The molecule has 0 bridgehead atoms. The minimum absolute atomic E-state index is 0. The molecule has 1 saturated heterocycles. The van der Waals surface area contributed by atoms with Crippen LogP contribution in [0.5, 0.6) is 0 Å². The number of thioether (sulfide) groups is 1. The lowest BCUT2D eigenvalue weighted by Crippen LogP contribution is -2.47. The van der Waals surface area contributed by atoms with E-state index in [1.807, 2.05) is 11.9 Å².